The van der Waals surface area contributed by atoms with E-state index in [-0.39, 0.29) is 0 Å². The molecule has 0 saturated heterocycles. The molecule has 4 nitrogen and oxygen atoms in total. The average molecular weight is 275 g/mol. The lowest BCUT2D eigenvalue weighted by atomic mass is 10.2. The van der Waals surface area contributed by atoms with Gasteiger partial charge in [0.1, 0.15) is 12.4 Å². The SMILES string of the molecule is O=S(=O)(c1ccccc1)N1CCOc2ccccc21. The Morgan fingerprint density at radius 2 is 1.63 bits per heavy atom. The standard InChI is InChI=1S/C14H13NO3S/c16-19(17,12-6-2-1-3-7-12)15-10-11-18-14-9-5-4-8-13(14)15/h1-9H,10-11H2. The lowest BCUT2D eigenvalue weighted by Gasteiger charge is -2.30. The van der Waals surface area contributed by atoms with Crippen LogP contribution in [0, 0.1) is 0 Å². The van der Waals surface area contributed by atoms with Gasteiger partial charge in [-0.1, -0.05) is 30.3 Å². The molecule has 0 atom stereocenters. The van der Waals surface area contributed by atoms with Gasteiger partial charge in [-0.2, -0.15) is 0 Å². The summed E-state index contributed by atoms with van der Waals surface area (Å²) >= 11 is 0. The Bertz CT molecular complexity index is 683. The van der Waals surface area contributed by atoms with Gasteiger partial charge < -0.3 is 4.74 Å². The van der Waals surface area contributed by atoms with Crippen molar-refractivity contribution >= 4 is 15.7 Å². The van der Waals surface area contributed by atoms with Crippen LogP contribution < -0.4 is 9.04 Å². The third-order valence-corrected chi connectivity index (χ3v) is 4.84. The Morgan fingerprint density at radius 3 is 2.42 bits per heavy atom. The Morgan fingerprint density at radius 1 is 0.947 bits per heavy atom. The van der Waals surface area contributed by atoms with E-state index in [9.17, 15) is 8.42 Å². The fraction of sp³-hybridized carbons (Fsp3) is 0.143. The van der Waals surface area contributed by atoms with E-state index in [4.69, 9.17) is 4.74 Å². The summed E-state index contributed by atoms with van der Waals surface area (Å²) in [7, 11) is -3.52. The summed E-state index contributed by atoms with van der Waals surface area (Å²) < 4.78 is 32.1. The molecule has 0 unspecified atom stereocenters. The van der Waals surface area contributed by atoms with Gasteiger partial charge in [0.15, 0.2) is 0 Å². The van der Waals surface area contributed by atoms with Gasteiger partial charge in [-0.25, -0.2) is 8.42 Å². The molecule has 19 heavy (non-hydrogen) atoms. The molecular formula is C14H13NO3S. The quantitative estimate of drug-likeness (QED) is 0.844. The highest BCUT2D eigenvalue weighted by molar-refractivity contribution is 7.92. The molecule has 0 aliphatic carbocycles. The normalized spacial score (nSPS) is 14.6. The number of fused-ring (bicyclic) bond motifs is 1. The fourth-order valence-electron chi connectivity index (χ4n) is 2.11. The number of sulfonamides is 1. The molecule has 5 heteroatoms. The highest BCUT2D eigenvalue weighted by atomic mass is 32.2. The van der Waals surface area contributed by atoms with E-state index in [1.54, 1.807) is 48.5 Å². The van der Waals surface area contributed by atoms with Gasteiger partial charge in [0.2, 0.25) is 0 Å². The summed E-state index contributed by atoms with van der Waals surface area (Å²) in [5.41, 5.74) is 0.595. The first-order chi connectivity index (χ1) is 9.19. The van der Waals surface area contributed by atoms with Crippen molar-refractivity contribution in [2.75, 3.05) is 17.5 Å². The number of nitrogens with zero attached hydrogens (tertiary/aromatic N) is 1. The van der Waals surface area contributed by atoms with Crippen LogP contribution in [0.4, 0.5) is 5.69 Å². The molecule has 1 aliphatic rings. The summed E-state index contributed by atoms with van der Waals surface area (Å²) in [6.07, 6.45) is 0. The minimum absolute atomic E-state index is 0.298. The highest BCUT2D eigenvalue weighted by Crippen LogP contribution is 2.34. The maximum Gasteiger partial charge on any atom is 0.264 e. The maximum atomic E-state index is 12.6. The van der Waals surface area contributed by atoms with Crippen molar-refractivity contribution in [2.24, 2.45) is 0 Å². The second kappa shape index (κ2) is 4.59. The molecule has 0 N–H and O–H groups in total. The van der Waals surface area contributed by atoms with Crippen LogP contribution in [-0.4, -0.2) is 21.6 Å². The summed E-state index contributed by atoms with van der Waals surface area (Å²) in [6, 6.07) is 15.6. The molecular weight excluding hydrogens is 262 g/mol. The number of para-hydroxylation sites is 2. The van der Waals surface area contributed by atoms with E-state index < -0.39 is 10.0 Å². The largest absolute Gasteiger partial charge is 0.489 e. The Balaban J connectivity index is 2.09. The van der Waals surface area contributed by atoms with Crippen LogP contribution in [0.25, 0.3) is 0 Å². The second-order valence-electron chi connectivity index (χ2n) is 4.21. The van der Waals surface area contributed by atoms with Crippen LogP contribution in [-0.2, 0) is 10.0 Å². The van der Waals surface area contributed by atoms with Crippen molar-refractivity contribution in [2.45, 2.75) is 4.90 Å². The van der Waals surface area contributed by atoms with Crippen LogP contribution in [0.15, 0.2) is 59.5 Å². The van der Waals surface area contributed by atoms with Gasteiger partial charge in [0.25, 0.3) is 10.0 Å². The minimum Gasteiger partial charge on any atom is -0.489 e. The maximum absolute atomic E-state index is 12.6. The van der Waals surface area contributed by atoms with Crippen LogP contribution in [0.3, 0.4) is 0 Å². The average Bonchev–Trinajstić information content (AvgIpc) is 2.47. The first-order valence-corrected chi connectivity index (χ1v) is 7.43. The van der Waals surface area contributed by atoms with Crippen LogP contribution in [0.2, 0.25) is 0 Å². The molecule has 98 valence electrons. The van der Waals surface area contributed by atoms with Crippen LogP contribution >= 0.6 is 0 Å². The van der Waals surface area contributed by atoms with Crippen molar-refractivity contribution in [3.05, 3.63) is 54.6 Å². The number of rotatable bonds is 2. The zero-order valence-corrected chi connectivity index (χ0v) is 11.0. The van der Waals surface area contributed by atoms with Crippen molar-refractivity contribution in [3.63, 3.8) is 0 Å². The molecule has 0 amide bonds. The number of anilines is 1. The molecule has 0 saturated carbocycles. The summed E-state index contributed by atoms with van der Waals surface area (Å²) in [4.78, 5) is 0.298. The smallest absolute Gasteiger partial charge is 0.264 e. The van der Waals surface area contributed by atoms with E-state index in [2.05, 4.69) is 0 Å². The third kappa shape index (κ3) is 2.06. The molecule has 0 radical (unpaired) electrons. The van der Waals surface area contributed by atoms with Crippen molar-refractivity contribution in [1.82, 2.24) is 0 Å². The molecule has 0 bridgehead atoms. The number of hydrogen-bond acceptors (Lipinski definition) is 3. The number of ether oxygens (including phenoxy) is 1. The molecule has 0 aromatic heterocycles. The predicted octanol–water partition coefficient (Wildman–Crippen LogP) is 2.27. The van der Waals surface area contributed by atoms with Crippen LogP contribution in [0.5, 0.6) is 5.75 Å². The van der Waals surface area contributed by atoms with E-state index in [1.807, 2.05) is 6.07 Å². The van der Waals surface area contributed by atoms with Crippen molar-refractivity contribution in [3.8, 4) is 5.75 Å². The van der Waals surface area contributed by atoms with E-state index in [0.717, 1.165) is 0 Å². The second-order valence-corrected chi connectivity index (χ2v) is 6.07. The number of benzene rings is 2. The van der Waals surface area contributed by atoms with Gasteiger partial charge in [0, 0.05) is 0 Å². The van der Waals surface area contributed by atoms with Gasteiger partial charge in [-0.3, -0.25) is 4.31 Å². The van der Waals surface area contributed by atoms with Gasteiger partial charge in [-0.15, -0.1) is 0 Å². The van der Waals surface area contributed by atoms with Gasteiger partial charge >= 0.3 is 0 Å². The Hall–Kier alpha value is -2.01. The lowest BCUT2D eigenvalue weighted by Crippen LogP contribution is -2.37. The fourth-order valence-corrected chi connectivity index (χ4v) is 3.59. The zero-order chi connectivity index (χ0) is 13.3. The third-order valence-electron chi connectivity index (χ3n) is 3.02. The highest BCUT2D eigenvalue weighted by Gasteiger charge is 2.29. The Labute approximate surface area is 112 Å². The topological polar surface area (TPSA) is 46.6 Å². The number of hydrogen-bond donors (Lipinski definition) is 0. The summed E-state index contributed by atoms with van der Waals surface area (Å²) in [5, 5.41) is 0. The van der Waals surface area contributed by atoms with Crippen LogP contribution in [0.1, 0.15) is 0 Å². The summed E-state index contributed by atoms with van der Waals surface area (Å²) in [6.45, 7) is 0.692. The molecule has 0 spiro atoms. The first kappa shape index (κ1) is 12.0. The van der Waals surface area contributed by atoms with E-state index >= 15 is 0 Å². The van der Waals surface area contributed by atoms with Gasteiger partial charge in [0.05, 0.1) is 17.1 Å². The van der Waals surface area contributed by atoms with Gasteiger partial charge in [-0.05, 0) is 24.3 Å². The van der Waals surface area contributed by atoms with Crippen molar-refractivity contribution in [1.29, 1.82) is 0 Å². The molecule has 1 heterocycles. The monoisotopic (exact) mass is 275 g/mol. The lowest BCUT2D eigenvalue weighted by molar-refractivity contribution is 0.316. The Kier molecular flexibility index (Phi) is 2.91. The van der Waals surface area contributed by atoms with E-state index in [0.29, 0.717) is 29.5 Å². The van der Waals surface area contributed by atoms with Crippen molar-refractivity contribution < 1.29 is 13.2 Å². The molecule has 2 aromatic carbocycles. The predicted molar refractivity (Wildman–Crippen MR) is 72.9 cm³/mol. The molecule has 2 aromatic rings. The molecule has 1 aliphatic heterocycles. The van der Waals surface area contributed by atoms with E-state index in [1.165, 1.54) is 4.31 Å². The molecule has 3 rings (SSSR count). The first-order valence-electron chi connectivity index (χ1n) is 5.99. The summed E-state index contributed by atoms with van der Waals surface area (Å²) in [5.74, 6) is 0.605. The minimum atomic E-state index is -3.52. The molecule has 0 fully saturated rings. The zero-order valence-electron chi connectivity index (χ0n) is 10.2.